The number of halogens is 3. The number of aryl methyl sites for hydroxylation is 1. The van der Waals surface area contributed by atoms with Crippen molar-refractivity contribution in [3.8, 4) is 5.75 Å². The Bertz CT molecular complexity index is 550. The van der Waals surface area contributed by atoms with Gasteiger partial charge in [-0.1, -0.05) is 12.1 Å². The van der Waals surface area contributed by atoms with Crippen LogP contribution in [0.4, 0.5) is 12.9 Å². The van der Waals surface area contributed by atoms with Gasteiger partial charge >= 0.3 is 58.4 Å². The molecule has 2 saturated heterocycles. The van der Waals surface area contributed by atoms with Crippen molar-refractivity contribution in [2.24, 2.45) is 0 Å². The van der Waals surface area contributed by atoms with Crippen molar-refractivity contribution in [3.63, 3.8) is 0 Å². The van der Waals surface area contributed by atoms with E-state index < -0.39 is 12.4 Å². The van der Waals surface area contributed by atoms with Gasteiger partial charge in [-0.2, -0.15) is 11.8 Å². The van der Waals surface area contributed by atoms with Gasteiger partial charge in [0.05, 0.1) is 12.2 Å². The van der Waals surface area contributed by atoms with Gasteiger partial charge in [-0.3, -0.25) is 0 Å². The molecule has 0 aromatic heterocycles. The van der Waals surface area contributed by atoms with Crippen LogP contribution in [-0.4, -0.2) is 36.8 Å². The minimum absolute atomic E-state index is 0. The third-order valence-corrected chi connectivity index (χ3v) is 5.61. The molecule has 3 rings (SSSR count). The zero-order chi connectivity index (χ0) is 15.8. The van der Waals surface area contributed by atoms with Gasteiger partial charge in [0, 0.05) is 18.6 Å². The Morgan fingerprint density at radius 1 is 1.35 bits per heavy atom. The first-order valence-electron chi connectivity index (χ1n) is 7.57. The zero-order valence-corrected chi connectivity index (χ0v) is 17.4. The summed E-state index contributed by atoms with van der Waals surface area (Å²) in [6, 6.07) is 3.74. The minimum Gasteiger partial charge on any atom is -0.490 e. The van der Waals surface area contributed by atoms with Crippen LogP contribution in [0.3, 0.4) is 0 Å². The number of hydrogen-bond donors (Lipinski definition) is 0. The molecule has 2 aliphatic heterocycles. The SMILES string of the molecule is Cc1cc([B-](F)(F)F)ccc1OC1CCOC2(CCSC2)C1.[K+]. The maximum Gasteiger partial charge on any atom is 1.00 e. The van der Waals surface area contributed by atoms with Crippen molar-refractivity contribution in [3.05, 3.63) is 23.8 Å². The summed E-state index contributed by atoms with van der Waals surface area (Å²) in [5, 5.41) is 0. The average molecular weight is 370 g/mol. The number of ether oxygens (including phenoxy) is 2. The Morgan fingerprint density at radius 3 is 2.74 bits per heavy atom. The molecule has 2 unspecified atom stereocenters. The predicted octanol–water partition coefficient (Wildman–Crippen LogP) is 0.487. The van der Waals surface area contributed by atoms with E-state index in [1.165, 1.54) is 12.1 Å². The van der Waals surface area contributed by atoms with Crippen LogP contribution in [-0.2, 0) is 4.74 Å². The molecule has 2 fully saturated rings. The second-order valence-corrected chi connectivity index (χ2v) is 7.27. The molecule has 1 spiro atoms. The summed E-state index contributed by atoms with van der Waals surface area (Å²) in [6.45, 7) is -2.63. The molecule has 0 radical (unpaired) electrons. The van der Waals surface area contributed by atoms with Gasteiger partial charge in [0.1, 0.15) is 11.9 Å². The standard InChI is InChI=1S/C15H19BF3O2S.K/c1-11-8-12(16(17,18)19)2-3-14(11)21-13-4-6-20-15(9-13)5-7-22-10-15;/h2-3,8,13H,4-7,9-10H2,1H3;/q-1;+1. The first-order chi connectivity index (χ1) is 10.4. The van der Waals surface area contributed by atoms with Crippen LogP contribution < -0.4 is 61.6 Å². The third-order valence-electron chi connectivity index (χ3n) is 4.39. The van der Waals surface area contributed by atoms with E-state index in [0.717, 1.165) is 36.8 Å². The van der Waals surface area contributed by atoms with E-state index in [0.29, 0.717) is 17.9 Å². The predicted molar refractivity (Wildman–Crippen MR) is 84.2 cm³/mol. The first-order valence-corrected chi connectivity index (χ1v) is 8.72. The summed E-state index contributed by atoms with van der Waals surface area (Å²) >= 11 is 1.89. The number of hydrogen-bond acceptors (Lipinski definition) is 3. The van der Waals surface area contributed by atoms with E-state index in [1.54, 1.807) is 6.92 Å². The molecular weight excluding hydrogens is 351 g/mol. The van der Waals surface area contributed by atoms with Crippen molar-refractivity contribution in [1.29, 1.82) is 0 Å². The molecule has 0 amide bonds. The molecule has 0 saturated carbocycles. The zero-order valence-electron chi connectivity index (χ0n) is 13.5. The molecular formula is C15H19BF3KO2S. The molecule has 8 heteroatoms. The smallest absolute Gasteiger partial charge is 0.490 e. The molecule has 122 valence electrons. The Kier molecular flexibility index (Phi) is 7.02. The maximum atomic E-state index is 12.8. The van der Waals surface area contributed by atoms with Crippen LogP contribution in [0.5, 0.6) is 5.75 Å². The second-order valence-electron chi connectivity index (χ2n) is 6.17. The Hall–Kier alpha value is 0.821. The van der Waals surface area contributed by atoms with Crippen molar-refractivity contribution in [2.75, 3.05) is 18.1 Å². The van der Waals surface area contributed by atoms with Crippen LogP contribution in [0.2, 0.25) is 0 Å². The molecule has 0 aliphatic carbocycles. The summed E-state index contributed by atoms with van der Waals surface area (Å²) in [4.78, 5) is 0. The van der Waals surface area contributed by atoms with Crippen LogP contribution >= 0.6 is 11.8 Å². The van der Waals surface area contributed by atoms with Crippen LogP contribution in [0.25, 0.3) is 0 Å². The van der Waals surface area contributed by atoms with Crippen LogP contribution in [0, 0.1) is 6.92 Å². The molecule has 23 heavy (non-hydrogen) atoms. The summed E-state index contributed by atoms with van der Waals surface area (Å²) in [5.41, 5.74) is -0.116. The van der Waals surface area contributed by atoms with Gasteiger partial charge in [0.15, 0.2) is 0 Å². The van der Waals surface area contributed by atoms with Gasteiger partial charge in [0.25, 0.3) is 0 Å². The van der Waals surface area contributed by atoms with E-state index >= 15 is 0 Å². The number of benzene rings is 1. The molecule has 0 bridgehead atoms. The van der Waals surface area contributed by atoms with Crippen LogP contribution in [0.15, 0.2) is 18.2 Å². The van der Waals surface area contributed by atoms with Crippen molar-refractivity contribution in [1.82, 2.24) is 0 Å². The molecule has 0 N–H and O–H groups in total. The minimum atomic E-state index is -4.96. The Labute approximate surface area is 181 Å². The maximum absolute atomic E-state index is 12.8. The van der Waals surface area contributed by atoms with E-state index in [1.807, 2.05) is 11.8 Å². The van der Waals surface area contributed by atoms with Gasteiger partial charge in [-0.05, 0) is 30.7 Å². The summed E-state index contributed by atoms with van der Waals surface area (Å²) in [7, 11) is 0. The molecule has 2 aliphatic rings. The normalized spacial score (nSPS) is 27.7. The molecule has 2 heterocycles. The third kappa shape index (κ3) is 4.92. The van der Waals surface area contributed by atoms with E-state index in [4.69, 9.17) is 9.47 Å². The second kappa shape index (κ2) is 8.01. The summed E-state index contributed by atoms with van der Waals surface area (Å²) in [6.07, 6.45) is 2.67. The van der Waals surface area contributed by atoms with E-state index in [-0.39, 0.29) is 63.1 Å². The Balaban J connectivity index is 0.00000192. The number of rotatable bonds is 3. The quantitative estimate of drug-likeness (QED) is 0.722. The van der Waals surface area contributed by atoms with Crippen molar-refractivity contribution in [2.45, 2.75) is 37.9 Å². The van der Waals surface area contributed by atoms with Gasteiger partial charge in [-0.15, -0.1) is 5.46 Å². The van der Waals surface area contributed by atoms with Crippen LogP contribution in [0.1, 0.15) is 24.8 Å². The summed E-state index contributed by atoms with van der Waals surface area (Å²) < 4.78 is 50.2. The number of thioether (sulfide) groups is 1. The molecule has 1 aromatic rings. The fourth-order valence-electron chi connectivity index (χ4n) is 3.13. The van der Waals surface area contributed by atoms with Crippen molar-refractivity contribution < 1.29 is 73.8 Å². The van der Waals surface area contributed by atoms with E-state index in [2.05, 4.69) is 0 Å². The molecule has 2 nitrogen and oxygen atoms in total. The average Bonchev–Trinajstić information content (AvgIpc) is 2.88. The Morgan fingerprint density at radius 2 is 2.13 bits per heavy atom. The summed E-state index contributed by atoms with van der Waals surface area (Å²) in [5.74, 6) is 2.65. The first kappa shape index (κ1) is 20.1. The molecule has 2 atom stereocenters. The molecule has 1 aromatic carbocycles. The fraction of sp³-hybridized carbons (Fsp3) is 0.600. The van der Waals surface area contributed by atoms with Crippen molar-refractivity contribution >= 4 is 24.2 Å². The largest absolute Gasteiger partial charge is 1.00 e. The van der Waals surface area contributed by atoms with Gasteiger partial charge in [0.2, 0.25) is 0 Å². The van der Waals surface area contributed by atoms with E-state index in [9.17, 15) is 12.9 Å². The monoisotopic (exact) mass is 370 g/mol. The van der Waals surface area contributed by atoms with Gasteiger partial charge < -0.3 is 22.4 Å². The topological polar surface area (TPSA) is 18.5 Å². The van der Waals surface area contributed by atoms with Gasteiger partial charge in [-0.25, -0.2) is 0 Å². The fourth-order valence-corrected chi connectivity index (χ4v) is 4.51.